The molecule has 1 N–H and O–H groups in total. The van der Waals surface area contributed by atoms with E-state index in [1.54, 1.807) is 47.5 Å². The van der Waals surface area contributed by atoms with Gasteiger partial charge >= 0.3 is 0 Å². The van der Waals surface area contributed by atoms with Crippen LogP contribution in [0.5, 0.6) is 0 Å². The maximum atomic E-state index is 13.8. The molecule has 3 aliphatic rings. The van der Waals surface area contributed by atoms with Crippen molar-refractivity contribution in [3.63, 3.8) is 0 Å². The largest absolute Gasteiger partial charge is 0.351 e. The zero-order chi connectivity index (χ0) is 32.2. The molecule has 12 heteroatoms. The SMILES string of the molecule is N#Cc1ccnc(N2CCCCCC2=O)c1.O=CN(c1cc(F)cc(F)c1)C1(C(=O)NC2CC(F)(F)C2)CCc2ccccc21. The first-order valence-corrected chi connectivity index (χ1v) is 14.7. The Bertz CT molecular complexity index is 1620. The molecule has 1 saturated heterocycles. The number of nitrogens with one attached hydrogen (secondary N) is 1. The van der Waals surface area contributed by atoms with E-state index in [4.69, 9.17) is 5.26 Å². The molecule has 6 rings (SSSR count). The van der Waals surface area contributed by atoms with Crippen LogP contribution >= 0.6 is 0 Å². The number of nitrogens with zero attached hydrogens (tertiary/aromatic N) is 4. The second-order valence-corrected chi connectivity index (χ2v) is 11.4. The van der Waals surface area contributed by atoms with Gasteiger partial charge in [-0.3, -0.25) is 24.2 Å². The van der Waals surface area contributed by atoms with E-state index in [1.807, 2.05) is 0 Å². The average molecular weight is 622 g/mol. The maximum absolute atomic E-state index is 13.8. The Labute approximate surface area is 257 Å². The summed E-state index contributed by atoms with van der Waals surface area (Å²) in [6, 6.07) is 14.2. The molecule has 1 saturated carbocycles. The van der Waals surface area contributed by atoms with Crippen molar-refractivity contribution in [2.45, 2.75) is 68.9 Å². The minimum Gasteiger partial charge on any atom is -0.351 e. The summed E-state index contributed by atoms with van der Waals surface area (Å²) in [7, 11) is 0. The summed E-state index contributed by atoms with van der Waals surface area (Å²) < 4.78 is 54.1. The summed E-state index contributed by atoms with van der Waals surface area (Å²) in [5, 5.41) is 11.4. The fraction of sp³-hybridized carbons (Fsp3) is 0.364. The zero-order valence-electron chi connectivity index (χ0n) is 24.3. The Morgan fingerprint density at radius 1 is 1.04 bits per heavy atom. The normalized spacial score (nSPS) is 20.4. The molecule has 1 aliphatic heterocycles. The first-order chi connectivity index (χ1) is 21.6. The van der Waals surface area contributed by atoms with Crippen LogP contribution in [0.1, 0.15) is 61.6 Å². The molecule has 1 unspecified atom stereocenters. The van der Waals surface area contributed by atoms with E-state index in [0.29, 0.717) is 48.8 Å². The predicted octanol–water partition coefficient (Wildman–Crippen LogP) is 5.54. The van der Waals surface area contributed by atoms with Crippen LogP contribution in [0.25, 0.3) is 0 Å². The van der Waals surface area contributed by atoms with Gasteiger partial charge in [0.25, 0.3) is 11.8 Å². The van der Waals surface area contributed by atoms with E-state index >= 15 is 0 Å². The molecule has 0 bridgehead atoms. The third-order valence-electron chi connectivity index (χ3n) is 8.39. The molecule has 8 nitrogen and oxygen atoms in total. The van der Waals surface area contributed by atoms with Gasteiger partial charge in [-0.25, -0.2) is 22.5 Å². The van der Waals surface area contributed by atoms with Crippen molar-refractivity contribution in [1.29, 1.82) is 5.26 Å². The lowest BCUT2D eigenvalue weighted by Crippen LogP contribution is -2.60. The van der Waals surface area contributed by atoms with Gasteiger partial charge in [0.15, 0.2) is 5.54 Å². The van der Waals surface area contributed by atoms with Crippen molar-refractivity contribution < 1.29 is 31.9 Å². The molecule has 0 radical (unpaired) electrons. The molecule has 45 heavy (non-hydrogen) atoms. The zero-order valence-corrected chi connectivity index (χ0v) is 24.3. The first-order valence-electron chi connectivity index (χ1n) is 14.7. The van der Waals surface area contributed by atoms with Gasteiger partial charge in [-0.1, -0.05) is 30.7 Å². The number of nitriles is 1. The standard InChI is InChI=1S/C21H18F4N2O2.C12H13N3O/c22-14-7-15(23)9-17(8-14)27(12-28)21(6-5-13-3-1-2-4-18(13)21)19(29)26-16-10-20(24,25)11-16;13-9-10-5-6-14-11(8-10)15-7-3-1-2-4-12(15)16/h1-4,7-9,12,16H,5-6,10-11H2,(H,26,29);5-6,8H,1-4,7H2. The Balaban J connectivity index is 0.000000211. The van der Waals surface area contributed by atoms with Crippen LogP contribution < -0.4 is 15.1 Å². The second-order valence-electron chi connectivity index (χ2n) is 11.4. The lowest BCUT2D eigenvalue weighted by molar-refractivity contribution is -0.135. The van der Waals surface area contributed by atoms with Crippen LogP contribution in [0.3, 0.4) is 0 Å². The maximum Gasteiger partial charge on any atom is 0.252 e. The second kappa shape index (κ2) is 13.1. The van der Waals surface area contributed by atoms with Gasteiger partial charge in [-0.05, 0) is 61.1 Å². The third kappa shape index (κ3) is 6.67. The number of rotatable bonds is 6. The monoisotopic (exact) mass is 621 g/mol. The van der Waals surface area contributed by atoms with E-state index < -0.39 is 47.9 Å². The highest BCUT2D eigenvalue weighted by Crippen LogP contribution is 2.45. The van der Waals surface area contributed by atoms with Crippen molar-refractivity contribution in [3.8, 4) is 6.07 Å². The Hall–Kier alpha value is -4.79. The summed E-state index contributed by atoms with van der Waals surface area (Å²) in [6.45, 7) is 0.709. The fourth-order valence-electron chi connectivity index (χ4n) is 6.17. The highest BCUT2D eigenvalue weighted by molar-refractivity contribution is 5.98. The third-order valence-corrected chi connectivity index (χ3v) is 8.39. The van der Waals surface area contributed by atoms with Crippen molar-refractivity contribution in [1.82, 2.24) is 10.3 Å². The average Bonchev–Trinajstić information content (AvgIpc) is 3.25. The van der Waals surface area contributed by atoms with Crippen LogP contribution in [-0.4, -0.2) is 41.7 Å². The van der Waals surface area contributed by atoms with Gasteiger partial charge in [0.2, 0.25) is 12.3 Å². The molecule has 2 fully saturated rings. The number of amides is 3. The summed E-state index contributed by atoms with van der Waals surface area (Å²) >= 11 is 0. The lowest BCUT2D eigenvalue weighted by atomic mass is 9.84. The molecular weight excluding hydrogens is 590 g/mol. The fourth-order valence-corrected chi connectivity index (χ4v) is 6.17. The van der Waals surface area contributed by atoms with Crippen molar-refractivity contribution >= 4 is 29.7 Å². The molecule has 1 aromatic heterocycles. The summed E-state index contributed by atoms with van der Waals surface area (Å²) in [5.74, 6) is -4.54. The molecule has 234 valence electrons. The van der Waals surface area contributed by atoms with E-state index in [1.165, 1.54) is 0 Å². The van der Waals surface area contributed by atoms with E-state index in [-0.39, 0.29) is 18.0 Å². The van der Waals surface area contributed by atoms with Crippen LogP contribution in [0, 0.1) is 23.0 Å². The number of carbonyl (C=O) groups excluding carboxylic acids is 3. The highest BCUT2D eigenvalue weighted by atomic mass is 19.3. The molecule has 3 amide bonds. The van der Waals surface area contributed by atoms with Crippen LogP contribution in [0.4, 0.5) is 29.1 Å². The number of alkyl halides is 2. The molecular formula is C33H31F4N5O3. The molecule has 1 atom stereocenters. The Morgan fingerprint density at radius 3 is 2.47 bits per heavy atom. The predicted molar refractivity (Wildman–Crippen MR) is 157 cm³/mol. The quantitative estimate of drug-likeness (QED) is 0.287. The first kappa shape index (κ1) is 31.6. The molecule has 0 spiro atoms. The van der Waals surface area contributed by atoms with Gasteiger partial charge in [-0.15, -0.1) is 0 Å². The topological polar surface area (TPSA) is 106 Å². The summed E-state index contributed by atoms with van der Waals surface area (Å²) in [5.41, 5.74) is 0.166. The number of pyridine rings is 1. The van der Waals surface area contributed by atoms with Crippen molar-refractivity contribution in [2.75, 3.05) is 16.3 Å². The Kier molecular flexibility index (Phi) is 9.18. The van der Waals surface area contributed by atoms with Gasteiger partial charge < -0.3 is 5.32 Å². The van der Waals surface area contributed by atoms with Crippen LogP contribution in [0.2, 0.25) is 0 Å². The number of carbonyl (C=O) groups is 3. The molecule has 3 aromatic rings. The number of aromatic nitrogens is 1. The number of hydrogen-bond acceptors (Lipinski definition) is 5. The number of fused-ring (bicyclic) bond motifs is 1. The summed E-state index contributed by atoms with van der Waals surface area (Å²) in [4.78, 5) is 44.1. The van der Waals surface area contributed by atoms with E-state index in [2.05, 4.69) is 16.4 Å². The molecule has 2 aromatic carbocycles. The van der Waals surface area contributed by atoms with Gasteiger partial charge in [0.05, 0.1) is 17.3 Å². The minimum atomic E-state index is -2.82. The minimum absolute atomic E-state index is 0.111. The number of anilines is 2. The number of benzene rings is 2. The lowest BCUT2D eigenvalue weighted by Gasteiger charge is -2.42. The number of aryl methyl sites for hydroxylation is 1. The molecule has 2 aliphatic carbocycles. The Morgan fingerprint density at radius 2 is 1.78 bits per heavy atom. The van der Waals surface area contributed by atoms with Gasteiger partial charge in [0, 0.05) is 44.1 Å². The van der Waals surface area contributed by atoms with Crippen molar-refractivity contribution in [2.24, 2.45) is 0 Å². The smallest absolute Gasteiger partial charge is 0.252 e. The van der Waals surface area contributed by atoms with Crippen molar-refractivity contribution in [3.05, 3.63) is 89.1 Å². The number of hydrogen-bond donors (Lipinski definition) is 1. The van der Waals surface area contributed by atoms with E-state index in [0.717, 1.165) is 41.9 Å². The summed E-state index contributed by atoms with van der Waals surface area (Å²) in [6.07, 6.45) is 5.20. The van der Waals surface area contributed by atoms with Crippen LogP contribution in [0.15, 0.2) is 60.8 Å². The van der Waals surface area contributed by atoms with Gasteiger partial charge in [0.1, 0.15) is 17.5 Å². The van der Waals surface area contributed by atoms with Gasteiger partial charge in [-0.2, -0.15) is 5.26 Å². The highest BCUT2D eigenvalue weighted by Gasteiger charge is 2.53. The van der Waals surface area contributed by atoms with Crippen LogP contribution in [-0.2, 0) is 26.3 Å². The van der Waals surface area contributed by atoms with E-state index in [9.17, 15) is 31.9 Å². The molecule has 2 heterocycles. The number of halogens is 4.